The zero-order chi connectivity index (χ0) is 18.4. The SMILES string of the molecule is O=S(=O)(C=Cc1ccc(Cl)cc1)NCc1ccc(CN2CCCC2)cc1. The Morgan fingerprint density at radius 3 is 2.23 bits per heavy atom. The van der Waals surface area contributed by atoms with E-state index in [0.717, 1.165) is 17.7 Å². The van der Waals surface area contributed by atoms with Crippen LogP contribution in [0.25, 0.3) is 6.08 Å². The van der Waals surface area contributed by atoms with Gasteiger partial charge in [0.2, 0.25) is 10.0 Å². The Bertz CT molecular complexity index is 840. The monoisotopic (exact) mass is 390 g/mol. The average Bonchev–Trinajstić information content (AvgIpc) is 3.14. The van der Waals surface area contributed by atoms with Crippen LogP contribution in [0.3, 0.4) is 0 Å². The molecular formula is C20H23ClN2O2S. The van der Waals surface area contributed by atoms with Crippen LogP contribution < -0.4 is 4.72 Å². The maximum absolute atomic E-state index is 12.1. The number of likely N-dealkylation sites (tertiary alicyclic amines) is 1. The molecule has 2 aromatic carbocycles. The molecular weight excluding hydrogens is 368 g/mol. The molecule has 0 bridgehead atoms. The molecule has 1 saturated heterocycles. The number of rotatable bonds is 7. The van der Waals surface area contributed by atoms with Crippen LogP contribution in [0.4, 0.5) is 0 Å². The first-order valence-electron chi connectivity index (χ1n) is 8.74. The van der Waals surface area contributed by atoms with Gasteiger partial charge in [-0.1, -0.05) is 48.0 Å². The van der Waals surface area contributed by atoms with Crippen molar-refractivity contribution in [3.05, 3.63) is 75.7 Å². The summed E-state index contributed by atoms with van der Waals surface area (Å²) in [5.41, 5.74) is 2.99. The molecule has 0 radical (unpaired) electrons. The predicted molar refractivity (Wildman–Crippen MR) is 107 cm³/mol. The van der Waals surface area contributed by atoms with Crippen molar-refractivity contribution in [2.24, 2.45) is 0 Å². The zero-order valence-corrected chi connectivity index (χ0v) is 16.1. The number of nitrogens with one attached hydrogen (secondary N) is 1. The Balaban J connectivity index is 1.52. The molecule has 0 aromatic heterocycles. The highest BCUT2D eigenvalue weighted by molar-refractivity contribution is 7.92. The molecule has 1 N–H and O–H groups in total. The molecule has 26 heavy (non-hydrogen) atoms. The summed E-state index contributed by atoms with van der Waals surface area (Å²) < 4.78 is 26.8. The molecule has 1 aliphatic rings. The van der Waals surface area contributed by atoms with Gasteiger partial charge in [-0.25, -0.2) is 13.1 Å². The van der Waals surface area contributed by atoms with E-state index >= 15 is 0 Å². The third kappa shape index (κ3) is 5.95. The van der Waals surface area contributed by atoms with Crippen molar-refractivity contribution in [1.82, 2.24) is 9.62 Å². The lowest BCUT2D eigenvalue weighted by atomic mass is 10.1. The first kappa shape index (κ1) is 19.1. The second-order valence-electron chi connectivity index (χ2n) is 6.52. The van der Waals surface area contributed by atoms with Crippen molar-refractivity contribution in [3.8, 4) is 0 Å². The number of halogens is 1. The molecule has 0 atom stereocenters. The summed E-state index contributed by atoms with van der Waals surface area (Å²) in [4.78, 5) is 2.44. The van der Waals surface area contributed by atoms with Gasteiger partial charge < -0.3 is 0 Å². The summed E-state index contributed by atoms with van der Waals surface area (Å²) in [6.07, 6.45) is 4.12. The zero-order valence-electron chi connectivity index (χ0n) is 14.6. The van der Waals surface area contributed by atoms with E-state index in [1.54, 1.807) is 30.3 Å². The molecule has 1 fully saturated rings. The lowest BCUT2D eigenvalue weighted by molar-refractivity contribution is 0.331. The molecule has 0 saturated carbocycles. The summed E-state index contributed by atoms with van der Waals surface area (Å²) in [6, 6.07) is 15.1. The lowest BCUT2D eigenvalue weighted by Gasteiger charge is -2.14. The molecule has 2 aromatic rings. The van der Waals surface area contributed by atoms with Crippen LogP contribution >= 0.6 is 11.6 Å². The van der Waals surface area contributed by atoms with E-state index in [1.165, 1.54) is 36.9 Å². The second-order valence-corrected chi connectivity index (χ2v) is 8.61. The maximum atomic E-state index is 12.1. The molecule has 0 amide bonds. The van der Waals surface area contributed by atoms with E-state index in [9.17, 15) is 8.42 Å². The Kier molecular flexibility index (Phi) is 6.48. The molecule has 1 aliphatic heterocycles. The van der Waals surface area contributed by atoms with E-state index in [1.807, 2.05) is 12.1 Å². The van der Waals surface area contributed by atoms with Gasteiger partial charge in [-0.15, -0.1) is 0 Å². The highest BCUT2D eigenvalue weighted by Gasteiger charge is 2.11. The van der Waals surface area contributed by atoms with Crippen LogP contribution in [-0.4, -0.2) is 26.4 Å². The van der Waals surface area contributed by atoms with Gasteiger partial charge in [0.25, 0.3) is 0 Å². The summed E-state index contributed by atoms with van der Waals surface area (Å²) in [5, 5.41) is 1.80. The molecule has 138 valence electrons. The second kappa shape index (κ2) is 8.82. The van der Waals surface area contributed by atoms with Crippen LogP contribution in [-0.2, 0) is 23.1 Å². The molecule has 4 nitrogen and oxygen atoms in total. The first-order valence-corrected chi connectivity index (χ1v) is 10.7. The molecule has 0 spiro atoms. The fourth-order valence-electron chi connectivity index (χ4n) is 2.94. The van der Waals surface area contributed by atoms with Crippen LogP contribution in [0, 0.1) is 0 Å². The fraction of sp³-hybridized carbons (Fsp3) is 0.300. The van der Waals surface area contributed by atoms with Crippen molar-refractivity contribution in [2.75, 3.05) is 13.1 Å². The van der Waals surface area contributed by atoms with Crippen molar-refractivity contribution in [2.45, 2.75) is 25.9 Å². The number of hydrogen-bond donors (Lipinski definition) is 1. The van der Waals surface area contributed by atoms with Crippen LogP contribution in [0.15, 0.2) is 53.9 Å². The van der Waals surface area contributed by atoms with E-state index in [-0.39, 0.29) is 6.54 Å². The van der Waals surface area contributed by atoms with Gasteiger partial charge in [0.1, 0.15) is 0 Å². The van der Waals surface area contributed by atoms with E-state index in [2.05, 4.69) is 21.8 Å². The van der Waals surface area contributed by atoms with E-state index in [4.69, 9.17) is 11.6 Å². The average molecular weight is 391 g/mol. The van der Waals surface area contributed by atoms with Gasteiger partial charge in [0, 0.05) is 23.5 Å². The molecule has 3 rings (SSSR count). The Morgan fingerprint density at radius 1 is 0.962 bits per heavy atom. The molecule has 1 heterocycles. The van der Waals surface area contributed by atoms with Gasteiger partial charge in [0.15, 0.2) is 0 Å². The third-order valence-electron chi connectivity index (χ3n) is 4.41. The quantitative estimate of drug-likeness (QED) is 0.776. The summed E-state index contributed by atoms with van der Waals surface area (Å²) in [5.74, 6) is 0. The number of hydrogen-bond acceptors (Lipinski definition) is 3. The molecule has 6 heteroatoms. The first-order chi connectivity index (χ1) is 12.5. The van der Waals surface area contributed by atoms with E-state index in [0.29, 0.717) is 5.02 Å². The lowest BCUT2D eigenvalue weighted by Crippen LogP contribution is -2.21. The minimum absolute atomic E-state index is 0.275. The van der Waals surface area contributed by atoms with Crippen molar-refractivity contribution < 1.29 is 8.42 Å². The number of sulfonamides is 1. The smallest absolute Gasteiger partial charge is 0.234 e. The minimum atomic E-state index is -3.49. The topological polar surface area (TPSA) is 49.4 Å². The van der Waals surface area contributed by atoms with Gasteiger partial charge in [0.05, 0.1) is 0 Å². The highest BCUT2D eigenvalue weighted by atomic mass is 35.5. The molecule has 0 aliphatic carbocycles. The summed E-state index contributed by atoms with van der Waals surface area (Å²) in [6.45, 7) is 3.58. The highest BCUT2D eigenvalue weighted by Crippen LogP contribution is 2.14. The maximum Gasteiger partial charge on any atom is 0.234 e. The van der Waals surface area contributed by atoms with Gasteiger partial charge in [-0.3, -0.25) is 4.90 Å². The van der Waals surface area contributed by atoms with Crippen molar-refractivity contribution in [1.29, 1.82) is 0 Å². The standard InChI is InChI=1S/C20H23ClN2O2S/c21-20-9-7-17(8-10-20)11-14-26(24,25)22-15-18-3-5-19(6-4-18)16-23-12-1-2-13-23/h3-11,14,22H,1-2,12-13,15-16H2. The van der Waals surface area contributed by atoms with Gasteiger partial charge >= 0.3 is 0 Å². The van der Waals surface area contributed by atoms with Crippen molar-refractivity contribution >= 4 is 27.7 Å². The largest absolute Gasteiger partial charge is 0.299 e. The van der Waals surface area contributed by atoms with E-state index < -0.39 is 10.0 Å². The number of benzene rings is 2. The summed E-state index contributed by atoms with van der Waals surface area (Å²) >= 11 is 5.82. The predicted octanol–water partition coefficient (Wildman–Crippen LogP) is 4.03. The van der Waals surface area contributed by atoms with Crippen LogP contribution in [0.5, 0.6) is 0 Å². The van der Waals surface area contributed by atoms with Crippen LogP contribution in [0.2, 0.25) is 5.02 Å². The van der Waals surface area contributed by atoms with Gasteiger partial charge in [-0.2, -0.15) is 0 Å². The Morgan fingerprint density at radius 2 is 1.58 bits per heavy atom. The third-order valence-corrected chi connectivity index (χ3v) is 5.71. The summed E-state index contributed by atoms with van der Waals surface area (Å²) in [7, 11) is -3.49. The van der Waals surface area contributed by atoms with Gasteiger partial charge in [-0.05, 0) is 60.8 Å². The molecule has 0 unspecified atom stereocenters. The number of nitrogens with zero attached hydrogens (tertiary/aromatic N) is 1. The Hall–Kier alpha value is -1.66. The van der Waals surface area contributed by atoms with Crippen LogP contribution in [0.1, 0.15) is 29.5 Å². The normalized spacial score (nSPS) is 15.7. The fourth-order valence-corrected chi connectivity index (χ4v) is 3.86. The minimum Gasteiger partial charge on any atom is -0.299 e. The van der Waals surface area contributed by atoms with Crippen molar-refractivity contribution in [3.63, 3.8) is 0 Å². The Labute approximate surface area is 160 Å².